The van der Waals surface area contributed by atoms with Crippen molar-refractivity contribution in [1.82, 2.24) is 5.32 Å². The molecular formula is C32H45N2O9P. The molecule has 0 fully saturated rings. The van der Waals surface area contributed by atoms with E-state index in [0.717, 1.165) is 16.7 Å². The van der Waals surface area contributed by atoms with Crippen LogP contribution in [0.2, 0.25) is 0 Å². The quantitative estimate of drug-likeness (QED) is 0.0968. The van der Waals surface area contributed by atoms with Gasteiger partial charge in [-0.1, -0.05) is 75.4 Å². The van der Waals surface area contributed by atoms with Gasteiger partial charge < -0.3 is 24.8 Å². The molecule has 12 heteroatoms. The lowest BCUT2D eigenvalue weighted by molar-refractivity contribution is -0.219. The first-order chi connectivity index (χ1) is 20.7. The number of aliphatic hydroxyl groups excluding tert-OH is 1. The standard InChI is InChI=1S/C32H45N2O9P/c1-7-41-31(37)22(4)17-18-33-29(35)28(19-25-13-15-27(16-14-25)26-11-9-8-10-12-26)20-44(39,40)23(5)34-32(38)43-24(6)42-30(36)21(2)3/h8-16,21-22,24,28,32,38H,7,17-20H2,1-6H3,(H,33,35)(H,39,40). The Morgan fingerprint density at radius 1 is 0.955 bits per heavy atom. The lowest BCUT2D eigenvalue weighted by Gasteiger charge is -2.22. The molecule has 0 aliphatic carbocycles. The molecule has 0 aromatic heterocycles. The van der Waals surface area contributed by atoms with Crippen LogP contribution in [0.5, 0.6) is 0 Å². The number of esters is 2. The van der Waals surface area contributed by atoms with Gasteiger partial charge in [0.1, 0.15) is 0 Å². The fourth-order valence-corrected chi connectivity index (χ4v) is 5.59. The molecule has 3 N–H and O–H groups in total. The lowest BCUT2D eigenvalue weighted by atomic mass is 9.97. The number of hydrogen-bond acceptors (Lipinski definition) is 9. The average Bonchev–Trinajstić information content (AvgIpc) is 2.97. The number of aliphatic hydroxyl groups is 1. The number of ether oxygens (including phenoxy) is 3. The lowest BCUT2D eigenvalue weighted by Crippen LogP contribution is -2.36. The number of carbonyl (C=O) groups excluding carboxylic acids is 3. The molecule has 5 atom stereocenters. The van der Waals surface area contributed by atoms with E-state index in [2.05, 4.69) is 10.3 Å². The molecule has 2 rings (SSSR count). The largest absolute Gasteiger partial charge is 0.466 e. The summed E-state index contributed by atoms with van der Waals surface area (Å²) < 4.78 is 28.6. The van der Waals surface area contributed by atoms with Gasteiger partial charge >= 0.3 is 11.9 Å². The second-order valence-corrected chi connectivity index (χ2v) is 13.3. The zero-order valence-corrected chi connectivity index (χ0v) is 27.2. The number of amides is 1. The molecule has 1 amide bonds. The highest BCUT2D eigenvalue weighted by Gasteiger charge is 2.32. The Kier molecular flexibility index (Phi) is 14.9. The summed E-state index contributed by atoms with van der Waals surface area (Å²) in [4.78, 5) is 51.8. The minimum absolute atomic E-state index is 0.160. The minimum atomic E-state index is -4.24. The van der Waals surface area contributed by atoms with Gasteiger partial charge in [0, 0.05) is 12.7 Å². The van der Waals surface area contributed by atoms with Crippen LogP contribution in [0.4, 0.5) is 0 Å². The van der Waals surface area contributed by atoms with Crippen molar-refractivity contribution in [3.05, 3.63) is 60.2 Å². The van der Waals surface area contributed by atoms with Gasteiger partial charge in [-0.05, 0) is 50.3 Å². The molecule has 242 valence electrons. The second-order valence-electron chi connectivity index (χ2n) is 10.9. The first-order valence-corrected chi connectivity index (χ1v) is 16.6. The monoisotopic (exact) mass is 632 g/mol. The molecule has 0 aliphatic heterocycles. The Hall–Kier alpha value is -3.37. The van der Waals surface area contributed by atoms with E-state index in [1.807, 2.05) is 54.6 Å². The number of nitrogens with zero attached hydrogens (tertiary/aromatic N) is 1. The van der Waals surface area contributed by atoms with E-state index in [4.69, 9.17) is 14.2 Å². The number of rotatable bonds is 17. The first-order valence-electron chi connectivity index (χ1n) is 14.7. The van der Waals surface area contributed by atoms with Gasteiger partial charge in [0.25, 0.3) is 6.41 Å². The van der Waals surface area contributed by atoms with Gasteiger partial charge in [0.15, 0.2) is 0 Å². The Labute approximate surface area is 259 Å². The Bertz CT molecular complexity index is 1300. The van der Waals surface area contributed by atoms with E-state index in [0.29, 0.717) is 6.42 Å². The van der Waals surface area contributed by atoms with Crippen LogP contribution in [-0.4, -0.2) is 65.3 Å². The number of nitrogens with one attached hydrogen (secondary N) is 1. The van der Waals surface area contributed by atoms with Crippen molar-refractivity contribution in [3.8, 4) is 11.1 Å². The third-order valence-corrected chi connectivity index (χ3v) is 8.88. The maximum absolute atomic E-state index is 13.4. The van der Waals surface area contributed by atoms with Crippen LogP contribution in [0.25, 0.3) is 11.1 Å². The molecule has 44 heavy (non-hydrogen) atoms. The highest BCUT2D eigenvalue weighted by molar-refractivity contribution is 7.75. The smallest absolute Gasteiger partial charge is 0.310 e. The zero-order valence-electron chi connectivity index (χ0n) is 26.3. The molecule has 0 bridgehead atoms. The highest BCUT2D eigenvalue weighted by atomic mass is 31.2. The summed E-state index contributed by atoms with van der Waals surface area (Å²) in [5, 5.41) is 13.0. The average molecular weight is 633 g/mol. The minimum Gasteiger partial charge on any atom is -0.466 e. The van der Waals surface area contributed by atoms with Crippen LogP contribution in [0.1, 0.15) is 53.5 Å². The van der Waals surface area contributed by atoms with Crippen LogP contribution in [0, 0.1) is 17.8 Å². The van der Waals surface area contributed by atoms with E-state index in [1.54, 1.807) is 27.7 Å². The van der Waals surface area contributed by atoms with Crippen LogP contribution in [-0.2, 0) is 39.6 Å². The van der Waals surface area contributed by atoms with Crippen LogP contribution in [0.15, 0.2) is 59.6 Å². The Morgan fingerprint density at radius 3 is 2.16 bits per heavy atom. The van der Waals surface area contributed by atoms with Gasteiger partial charge in [-0.3, -0.25) is 23.7 Å². The van der Waals surface area contributed by atoms with Crippen molar-refractivity contribution < 1.29 is 43.2 Å². The van der Waals surface area contributed by atoms with Gasteiger partial charge in [-0.2, -0.15) is 0 Å². The van der Waals surface area contributed by atoms with Crippen molar-refractivity contribution in [1.29, 1.82) is 0 Å². The zero-order chi connectivity index (χ0) is 32.9. The summed E-state index contributed by atoms with van der Waals surface area (Å²) in [6.07, 6.45) is -2.97. The number of benzene rings is 2. The first kappa shape index (κ1) is 36.8. The predicted molar refractivity (Wildman–Crippen MR) is 168 cm³/mol. The number of carbonyl (C=O) groups is 3. The predicted octanol–water partition coefficient (Wildman–Crippen LogP) is 4.74. The molecule has 0 radical (unpaired) electrons. The van der Waals surface area contributed by atoms with Crippen molar-refractivity contribution in [2.45, 2.75) is 67.1 Å². The molecule has 11 nitrogen and oxygen atoms in total. The molecule has 0 aliphatic rings. The van der Waals surface area contributed by atoms with Gasteiger partial charge in [-0.15, -0.1) is 0 Å². The number of aliphatic imine (C=N–C) groups is 1. The van der Waals surface area contributed by atoms with Crippen LogP contribution in [0.3, 0.4) is 0 Å². The SMILES string of the molecule is CCOC(=O)C(C)CCNC(=O)C(Cc1ccc(-c2ccccc2)cc1)CP(=O)(O)C(C)=NC(O)OC(C)OC(=O)C(C)C. The Morgan fingerprint density at radius 2 is 1.57 bits per heavy atom. The van der Waals surface area contributed by atoms with E-state index in [9.17, 15) is 28.9 Å². The van der Waals surface area contributed by atoms with Crippen molar-refractivity contribution >= 4 is 30.7 Å². The maximum atomic E-state index is 13.4. The normalized spacial score (nSPS) is 15.9. The van der Waals surface area contributed by atoms with E-state index in [1.165, 1.54) is 13.8 Å². The van der Waals surface area contributed by atoms with E-state index < -0.39 is 55.9 Å². The molecular weight excluding hydrogens is 587 g/mol. The fraction of sp³-hybridized carbons (Fsp3) is 0.500. The summed E-state index contributed by atoms with van der Waals surface area (Å²) in [6.45, 7) is 9.79. The summed E-state index contributed by atoms with van der Waals surface area (Å²) in [6, 6.07) is 17.4. The molecule has 0 heterocycles. The van der Waals surface area contributed by atoms with E-state index >= 15 is 0 Å². The molecule has 5 unspecified atom stereocenters. The highest BCUT2D eigenvalue weighted by Crippen LogP contribution is 2.45. The van der Waals surface area contributed by atoms with Gasteiger partial charge in [0.05, 0.1) is 29.8 Å². The van der Waals surface area contributed by atoms with Crippen molar-refractivity contribution in [3.63, 3.8) is 0 Å². The molecule has 2 aromatic rings. The third-order valence-electron chi connectivity index (χ3n) is 6.82. The Balaban J connectivity index is 2.18. The topological polar surface area (TPSA) is 161 Å². The van der Waals surface area contributed by atoms with E-state index in [-0.39, 0.29) is 31.0 Å². The fourth-order valence-electron chi connectivity index (χ4n) is 4.16. The summed E-state index contributed by atoms with van der Waals surface area (Å²) in [5.41, 5.74) is 2.50. The summed E-state index contributed by atoms with van der Waals surface area (Å²) in [7, 11) is -4.24. The van der Waals surface area contributed by atoms with Crippen molar-refractivity contribution in [2.24, 2.45) is 22.7 Å². The van der Waals surface area contributed by atoms with Crippen LogP contribution < -0.4 is 5.32 Å². The molecule has 2 aromatic carbocycles. The maximum Gasteiger partial charge on any atom is 0.310 e. The van der Waals surface area contributed by atoms with Gasteiger partial charge in [-0.25, -0.2) is 4.99 Å². The number of hydrogen-bond donors (Lipinski definition) is 3. The summed E-state index contributed by atoms with van der Waals surface area (Å²) >= 11 is 0. The third kappa shape index (κ3) is 12.3. The second kappa shape index (κ2) is 17.8. The van der Waals surface area contributed by atoms with Crippen molar-refractivity contribution in [2.75, 3.05) is 19.3 Å². The van der Waals surface area contributed by atoms with Crippen LogP contribution >= 0.6 is 7.37 Å². The molecule has 0 saturated heterocycles. The van der Waals surface area contributed by atoms with Gasteiger partial charge in [0.2, 0.25) is 19.6 Å². The molecule has 0 spiro atoms. The molecule has 0 saturated carbocycles. The summed E-state index contributed by atoms with van der Waals surface area (Å²) in [5.74, 6) is -3.13.